The van der Waals surface area contributed by atoms with E-state index in [-0.39, 0.29) is 0 Å². The predicted molar refractivity (Wildman–Crippen MR) is 81.2 cm³/mol. The van der Waals surface area contributed by atoms with Crippen LogP contribution in [0, 0.1) is 0 Å². The Hall–Kier alpha value is -1.08. The molecule has 0 aliphatic rings. The number of benzene rings is 2. The summed E-state index contributed by atoms with van der Waals surface area (Å²) < 4.78 is 7.76. The molecule has 0 bridgehead atoms. The molecule has 0 N–H and O–H groups in total. The van der Waals surface area contributed by atoms with Crippen molar-refractivity contribution < 1.29 is 4.74 Å². The molecule has 3 aromatic rings. The van der Waals surface area contributed by atoms with Crippen LogP contribution in [0.3, 0.4) is 0 Å². The Kier molecular flexibility index (Phi) is 4.26. The molecule has 1 aromatic heterocycles. The summed E-state index contributed by atoms with van der Waals surface area (Å²) in [6, 6.07) is 12.3. The number of fused-ring (bicyclic) bond motifs is 1. The van der Waals surface area contributed by atoms with Crippen LogP contribution in [-0.4, -0.2) is 33.7 Å². The summed E-state index contributed by atoms with van der Waals surface area (Å²) in [5, 5.41) is 6.53. The van der Waals surface area contributed by atoms with Crippen molar-refractivity contribution in [3.8, 4) is 5.75 Å². The van der Waals surface area contributed by atoms with Gasteiger partial charge in [0.15, 0.2) is 0 Å². The fourth-order valence-corrected chi connectivity index (χ4v) is 3.39. The molecule has 2 aromatic carbocycles. The van der Waals surface area contributed by atoms with Crippen LogP contribution < -0.4 is 4.74 Å². The standard InChI is InChI=1S/C15H12ClN2O.Tl/c16-7-13-3-1-2-12-6-14(4-5-15(12)13)19-10-11-8-17-18-9-11;/h1-6,8-9H,7,10H2;/q-1;+1. The Morgan fingerprint density at radius 1 is 1.25 bits per heavy atom. The van der Waals surface area contributed by atoms with E-state index in [0.717, 1.165) is 22.3 Å². The third kappa shape index (κ3) is 2.98. The number of hydrogen-bond acceptors (Lipinski definition) is 2. The minimum absolute atomic E-state index is 0.526. The van der Waals surface area contributed by atoms with Crippen molar-refractivity contribution in [2.24, 2.45) is 0 Å². The van der Waals surface area contributed by atoms with Crippen LogP contribution in [0.25, 0.3) is 10.8 Å². The average molecular weight is 476 g/mol. The number of aromatic nitrogens is 2. The third-order valence-corrected chi connectivity index (χ3v) is 4.53. The summed E-state index contributed by atoms with van der Waals surface area (Å²) in [6.45, 7) is 0.549. The zero-order chi connectivity index (χ0) is 13.9. The first-order valence-corrected chi connectivity index (χ1v) is 8.79. The molecule has 0 amide bonds. The van der Waals surface area contributed by atoms with Crippen molar-refractivity contribution in [1.82, 2.24) is 7.59 Å². The van der Waals surface area contributed by atoms with Gasteiger partial charge in [0.05, 0.1) is 0 Å². The van der Waals surface area contributed by atoms with E-state index >= 15 is 0 Å². The van der Waals surface area contributed by atoms with Crippen molar-refractivity contribution in [2.75, 3.05) is 0 Å². The summed E-state index contributed by atoms with van der Waals surface area (Å²) in [6.07, 6.45) is 3.88. The third-order valence-electron chi connectivity index (χ3n) is 3.15. The number of rotatable bonds is 4. The quantitative estimate of drug-likeness (QED) is 0.427. The SMILES string of the molecule is ClCc1cccc2cc(OCc3cn[n]([Tl])c3)ccc12. The first-order chi connectivity index (χ1) is 9.76. The molecule has 1 heterocycles. The Labute approximate surface area is 138 Å². The van der Waals surface area contributed by atoms with Gasteiger partial charge in [-0.2, -0.15) is 0 Å². The van der Waals surface area contributed by atoms with Gasteiger partial charge in [0, 0.05) is 0 Å². The van der Waals surface area contributed by atoms with E-state index in [1.165, 1.54) is 5.39 Å². The van der Waals surface area contributed by atoms with Gasteiger partial charge in [0.1, 0.15) is 0 Å². The van der Waals surface area contributed by atoms with Gasteiger partial charge in [-0.15, -0.1) is 0 Å². The Morgan fingerprint density at radius 3 is 2.90 bits per heavy atom. The molecule has 3 nitrogen and oxygen atoms in total. The molecule has 0 saturated carbocycles. The van der Waals surface area contributed by atoms with Gasteiger partial charge in [-0.1, -0.05) is 0 Å². The van der Waals surface area contributed by atoms with Gasteiger partial charge in [-0.25, -0.2) is 0 Å². The minimum atomic E-state index is 0.526. The number of hydrogen-bond donors (Lipinski definition) is 0. The first-order valence-electron chi connectivity index (χ1n) is 6.25. The molecule has 5 heteroatoms. The maximum atomic E-state index is 5.95. The fourth-order valence-electron chi connectivity index (χ4n) is 2.15. The molecular weight excluding hydrogens is 464 g/mol. The molecule has 98 valence electrons. The van der Waals surface area contributed by atoms with E-state index in [1.807, 2.05) is 27.0 Å². The predicted octanol–water partition coefficient (Wildman–Crippen LogP) is 3.29. The normalized spacial score (nSPS) is 10.8. The zero-order valence-corrected chi connectivity index (χ0v) is 16.0. The second-order valence-electron chi connectivity index (χ2n) is 4.55. The van der Waals surface area contributed by atoms with Crippen LogP contribution in [0.2, 0.25) is 0 Å². The van der Waals surface area contributed by atoms with Gasteiger partial charge in [0.2, 0.25) is 0 Å². The van der Waals surface area contributed by atoms with Crippen LogP contribution >= 0.6 is 11.6 Å². The van der Waals surface area contributed by atoms with Crippen LogP contribution in [0.1, 0.15) is 11.1 Å². The van der Waals surface area contributed by atoms with E-state index < -0.39 is 0 Å². The number of ether oxygens (including phenoxy) is 1. The summed E-state index contributed by atoms with van der Waals surface area (Å²) in [5.74, 6) is 1.39. The Balaban J connectivity index is 1.82. The second-order valence-corrected chi connectivity index (χ2v) is 6.88. The second kappa shape index (κ2) is 6.14. The molecule has 0 radical (unpaired) electrons. The summed E-state index contributed by atoms with van der Waals surface area (Å²) in [7, 11) is 0. The fraction of sp³-hybridized carbons (Fsp3) is 0.133. The Bertz CT molecular complexity index is 742. The van der Waals surface area contributed by atoms with Gasteiger partial charge >= 0.3 is 139 Å². The number of halogens is 1. The van der Waals surface area contributed by atoms with Crippen molar-refractivity contribution in [3.05, 3.63) is 59.9 Å². The average Bonchev–Trinajstić information content (AvgIpc) is 2.89. The molecule has 0 fully saturated rings. The van der Waals surface area contributed by atoms with Crippen LogP contribution in [0.15, 0.2) is 48.8 Å². The molecule has 0 saturated heterocycles. The van der Waals surface area contributed by atoms with Gasteiger partial charge in [-0.3, -0.25) is 0 Å². The van der Waals surface area contributed by atoms with Gasteiger partial charge < -0.3 is 0 Å². The topological polar surface area (TPSA) is 27.1 Å². The molecule has 0 atom stereocenters. The molecular formula is C15H12ClN2OTl. The summed E-state index contributed by atoms with van der Waals surface area (Å²) >= 11 is 6.65. The van der Waals surface area contributed by atoms with E-state index in [1.54, 1.807) is 0 Å². The zero-order valence-electron chi connectivity index (χ0n) is 10.8. The summed E-state index contributed by atoms with van der Waals surface area (Å²) in [5.41, 5.74) is 2.25. The van der Waals surface area contributed by atoms with E-state index in [9.17, 15) is 0 Å². The molecule has 0 spiro atoms. The van der Waals surface area contributed by atoms with Crippen LogP contribution in [0.5, 0.6) is 5.75 Å². The van der Waals surface area contributed by atoms with Crippen LogP contribution in [-0.2, 0) is 12.5 Å². The molecule has 3 rings (SSSR count). The molecule has 0 unspecified atom stereocenters. The van der Waals surface area contributed by atoms with Crippen molar-refractivity contribution in [3.63, 3.8) is 0 Å². The van der Waals surface area contributed by atoms with E-state index in [0.29, 0.717) is 38.6 Å². The Morgan fingerprint density at radius 2 is 2.15 bits per heavy atom. The first kappa shape index (κ1) is 13.9. The van der Waals surface area contributed by atoms with E-state index in [4.69, 9.17) is 16.3 Å². The maximum absolute atomic E-state index is 5.95. The van der Waals surface area contributed by atoms with Crippen molar-refractivity contribution >= 4 is 48.4 Å². The molecule has 20 heavy (non-hydrogen) atoms. The van der Waals surface area contributed by atoms with Crippen molar-refractivity contribution in [1.29, 1.82) is 0 Å². The monoisotopic (exact) mass is 476 g/mol. The van der Waals surface area contributed by atoms with Crippen LogP contribution in [0.4, 0.5) is 0 Å². The molecule has 0 aliphatic carbocycles. The molecule has 0 aliphatic heterocycles. The van der Waals surface area contributed by atoms with Crippen molar-refractivity contribution in [2.45, 2.75) is 12.5 Å². The van der Waals surface area contributed by atoms with E-state index in [2.05, 4.69) is 29.4 Å². The summed E-state index contributed by atoms with van der Waals surface area (Å²) in [4.78, 5) is 0. The van der Waals surface area contributed by atoms with Gasteiger partial charge in [0.25, 0.3) is 0 Å². The number of alkyl halides is 1. The number of nitrogens with zero attached hydrogens (tertiary/aromatic N) is 2. The van der Waals surface area contributed by atoms with Gasteiger partial charge in [-0.05, 0) is 0 Å².